The first-order chi connectivity index (χ1) is 14.0. The normalized spacial score (nSPS) is 13.5. The van der Waals surface area contributed by atoms with E-state index >= 15 is 0 Å². The fraction of sp³-hybridized carbons (Fsp3) is 0.143. The SMILES string of the molecule is O=C(/C=C/c1ccc([N+](=O)[O-])cc1)N1CCc2[nH]nc(-c3cccc(Cl)c3)c2C1. The maximum atomic E-state index is 12.7. The lowest BCUT2D eigenvalue weighted by Gasteiger charge is -2.26. The number of amides is 1. The Bertz CT molecular complexity index is 1110. The van der Waals surface area contributed by atoms with Crippen LogP contribution in [0.3, 0.4) is 0 Å². The number of carbonyl (C=O) groups is 1. The molecular weight excluding hydrogens is 392 g/mol. The average Bonchev–Trinajstić information content (AvgIpc) is 3.15. The number of non-ortho nitro benzene ring substituents is 1. The van der Waals surface area contributed by atoms with Crippen LogP contribution in [-0.2, 0) is 17.8 Å². The largest absolute Gasteiger partial charge is 0.334 e. The number of nitro benzene ring substituents is 1. The van der Waals surface area contributed by atoms with Gasteiger partial charge in [0, 0.05) is 59.6 Å². The van der Waals surface area contributed by atoms with E-state index in [1.165, 1.54) is 18.2 Å². The Morgan fingerprint density at radius 3 is 2.76 bits per heavy atom. The number of hydrogen-bond acceptors (Lipinski definition) is 4. The number of benzene rings is 2. The summed E-state index contributed by atoms with van der Waals surface area (Å²) in [7, 11) is 0. The zero-order valence-corrected chi connectivity index (χ0v) is 16.1. The molecule has 1 aliphatic rings. The van der Waals surface area contributed by atoms with Gasteiger partial charge in [0.05, 0.1) is 10.6 Å². The second-order valence-corrected chi connectivity index (χ2v) is 7.17. The number of hydrogen-bond donors (Lipinski definition) is 1. The van der Waals surface area contributed by atoms with Gasteiger partial charge in [-0.2, -0.15) is 5.10 Å². The first kappa shape index (κ1) is 18.9. The van der Waals surface area contributed by atoms with Crippen molar-refractivity contribution in [2.45, 2.75) is 13.0 Å². The molecule has 0 saturated heterocycles. The minimum atomic E-state index is -0.452. The number of nitrogens with one attached hydrogen (secondary N) is 1. The number of halogens is 1. The molecular formula is C21H17ClN4O3. The van der Waals surface area contributed by atoms with Crippen LogP contribution >= 0.6 is 11.6 Å². The van der Waals surface area contributed by atoms with Crippen molar-refractivity contribution in [3.63, 3.8) is 0 Å². The van der Waals surface area contributed by atoms with E-state index in [9.17, 15) is 14.9 Å². The number of rotatable bonds is 4. The number of nitrogens with zero attached hydrogens (tertiary/aromatic N) is 3. The van der Waals surface area contributed by atoms with Crippen molar-refractivity contribution >= 4 is 29.3 Å². The average molecular weight is 409 g/mol. The number of nitro groups is 1. The highest BCUT2D eigenvalue weighted by molar-refractivity contribution is 6.30. The Labute approximate surface area is 171 Å². The third-order valence-electron chi connectivity index (χ3n) is 4.87. The molecule has 1 aliphatic heterocycles. The van der Waals surface area contributed by atoms with E-state index in [4.69, 9.17) is 11.6 Å². The molecule has 0 unspecified atom stereocenters. The molecule has 0 radical (unpaired) electrons. The number of aromatic amines is 1. The van der Waals surface area contributed by atoms with E-state index in [1.54, 1.807) is 23.1 Å². The van der Waals surface area contributed by atoms with Crippen LogP contribution in [0, 0.1) is 10.1 Å². The summed E-state index contributed by atoms with van der Waals surface area (Å²) in [5, 5.41) is 18.9. The van der Waals surface area contributed by atoms with E-state index < -0.39 is 4.92 Å². The van der Waals surface area contributed by atoms with Gasteiger partial charge in [-0.1, -0.05) is 23.7 Å². The van der Waals surface area contributed by atoms with Gasteiger partial charge >= 0.3 is 0 Å². The molecule has 3 aromatic rings. The maximum absolute atomic E-state index is 12.7. The highest BCUT2D eigenvalue weighted by Crippen LogP contribution is 2.29. The van der Waals surface area contributed by atoms with E-state index in [0.29, 0.717) is 24.5 Å². The molecule has 1 aromatic heterocycles. The molecule has 1 amide bonds. The quantitative estimate of drug-likeness (QED) is 0.397. The van der Waals surface area contributed by atoms with Gasteiger partial charge in [0.1, 0.15) is 0 Å². The minimum absolute atomic E-state index is 0.0190. The highest BCUT2D eigenvalue weighted by atomic mass is 35.5. The summed E-state index contributed by atoms with van der Waals surface area (Å²) < 4.78 is 0. The Kier molecular flexibility index (Phi) is 5.14. The molecule has 0 bridgehead atoms. The first-order valence-corrected chi connectivity index (χ1v) is 9.42. The van der Waals surface area contributed by atoms with Crippen LogP contribution in [0.1, 0.15) is 16.8 Å². The predicted octanol–water partition coefficient (Wildman–Crippen LogP) is 4.24. The Hall–Kier alpha value is -3.45. The third kappa shape index (κ3) is 4.05. The lowest BCUT2D eigenvalue weighted by Crippen LogP contribution is -2.34. The molecule has 0 fully saturated rings. The van der Waals surface area contributed by atoms with Crippen LogP contribution in [0.4, 0.5) is 5.69 Å². The number of carbonyl (C=O) groups excluding carboxylic acids is 1. The smallest absolute Gasteiger partial charge is 0.269 e. The first-order valence-electron chi connectivity index (χ1n) is 9.05. The van der Waals surface area contributed by atoms with Gasteiger partial charge in [0.25, 0.3) is 5.69 Å². The molecule has 0 saturated carbocycles. The molecule has 29 heavy (non-hydrogen) atoms. The lowest BCUT2D eigenvalue weighted by molar-refractivity contribution is -0.384. The van der Waals surface area contributed by atoms with Crippen molar-refractivity contribution in [1.82, 2.24) is 15.1 Å². The van der Waals surface area contributed by atoms with Gasteiger partial charge in [-0.25, -0.2) is 0 Å². The Morgan fingerprint density at radius 2 is 2.03 bits per heavy atom. The zero-order chi connectivity index (χ0) is 20.4. The summed E-state index contributed by atoms with van der Waals surface area (Å²) in [5.74, 6) is -0.118. The maximum Gasteiger partial charge on any atom is 0.269 e. The molecule has 2 aromatic carbocycles. The fourth-order valence-electron chi connectivity index (χ4n) is 3.34. The van der Waals surface area contributed by atoms with Crippen molar-refractivity contribution in [3.8, 4) is 11.3 Å². The van der Waals surface area contributed by atoms with Crippen molar-refractivity contribution in [3.05, 3.63) is 86.6 Å². The van der Waals surface area contributed by atoms with Crippen LogP contribution in [0.25, 0.3) is 17.3 Å². The van der Waals surface area contributed by atoms with Gasteiger partial charge < -0.3 is 4.90 Å². The summed E-state index contributed by atoms with van der Waals surface area (Å²) in [6.07, 6.45) is 3.85. The summed E-state index contributed by atoms with van der Waals surface area (Å²) in [6.45, 7) is 1.05. The van der Waals surface area contributed by atoms with Gasteiger partial charge in [-0.05, 0) is 35.9 Å². The highest BCUT2D eigenvalue weighted by Gasteiger charge is 2.24. The van der Waals surface area contributed by atoms with Crippen molar-refractivity contribution in [2.24, 2.45) is 0 Å². The second kappa shape index (κ2) is 7.89. The van der Waals surface area contributed by atoms with Crippen LogP contribution in [0.5, 0.6) is 0 Å². The Morgan fingerprint density at radius 1 is 1.24 bits per heavy atom. The third-order valence-corrected chi connectivity index (χ3v) is 5.10. The number of fused-ring (bicyclic) bond motifs is 1. The van der Waals surface area contributed by atoms with Crippen LogP contribution in [0.2, 0.25) is 5.02 Å². The summed E-state index contributed by atoms with van der Waals surface area (Å²) in [4.78, 5) is 24.7. The number of aromatic nitrogens is 2. The van der Waals surface area contributed by atoms with E-state index in [-0.39, 0.29) is 11.6 Å². The summed E-state index contributed by atoms with van der Waals surface area (Å²) >= 11 is 6.10. The molecule has 0 spiro atoms. The topological polar surface area (TPSA) is 92.1 Å². The van der Waals surface area contributed by atoms with Crippen molar-refractivity contribution < 1.29 is 9.72 Å². The van der Waals surface area contributed by atoms with Gasteiger partial charge in [-0.15, -0.1) is 0 Å². The predicted molar refractivity (Wildman–Crippen MR) is 110 cm³/mol. The molecule has 146 valence electrons. The molecule has 7 nitrogen and oxygen atoms in total. The van der Waals surface area contributed by atoms with Crippen LogP contribution in [0.15, 0.2) is 54.6 Å². The minimum Gasteiger partial charge on any atom is -0.334 e. The summed E-state index contributed by atoms with van der Waals surface area (Å²) in [5.41, 5.74) is 4.49. The van der Waals surface area contributed by atoms with E-state index in [2.05, 4.69) is 10.2 Å². The monoisotopic (exact) mass is 408 g/mol. The van der Waals surface area contributed by atoms with Crippen molar-refractivity contribution in [1.29, 1.82) is 0 Å². The molecule has 2 heterocycles. The molecule has 4 rings (SSSR count). The molecule has 0 aliphatic carbocycles. The number of H-pyrrole nitrogens is 1. The van der Waals surface area contributed by atoms with E-state index in [1.807, 2.05) is 24.3 Å². The van der Waals surface area contributed by atoms with Gasteiger partial charge in [-0.3, -0.25) is 20.0 Å². The van der Waals surface area contributed by atoms with Crippen LogP contribution in [-0.4, -0.2) is 32.5 Å². The van der Waals surface area contributed by atoms with E-state index in [0.717, 1.165) is 28.1 Å². The Balaban J connectivity index is 1.50. The zero-order valence-electron chi connectivity index (χ0n) is 15.3. The fourth-order valence-corrected chi connectivity index (χ4v) is 3.53. The second-order valence-electron chi connectivity index (χ2n) is 6.73. The van der Waals surface area contributed by atoms with Crippen molar-refractivity contribution in [2.75, 3.05) is 6.54 Å². The molecule has 0 atom stereocenters. The molecule has 1 N–H and O–H groups in total. The van der Waals surface area contributed by atoms with Gasteiger partial charge in [0.15, 0.2) is 0 Å². The standard InChI is InChI=1S/C21H17ClN4O3/c22-16-3-1-2-15(12-16)21-18-13-25(11-10-19(18)23-24-21)20(27)9-6-14-4-7-17(8-5-14)26(28)29/h1-9,12H,10-11,13H2,(H,23,24)/b9-6+. The summed E-state index contributed by atoms with van der Waals surface area (Å²) in [6, 6.07) is 13.5. The lowest BCUT2D eigenvalue weighted by atomic mass is 10.0. The van der Waals surface area contributed by atoms with Gasteiger partial charge in [0.2, 0.25) is 5.91 Å². The molecule has 8 heteroatoms. The van der Waals surface area contributed by atoms with Crippen LogP contribution < -0.4 is 0 Å².